The standard InChI is InChI=1S/C16H30N6O/c1-11-13(12(2)22(7)21-11)8-9-18-15(17-6)19-10-14(23)20-16(3,4)5/h8-10H2,1-7H3,(H,20,23)(H2,17,18,19). The van der Waals surface area contributed by atoms with Crippen LogP contribution in [0.1, 0.15) is 37.7 Å². The summed E-state index contributed by atoms with van der Waals surface area (Å²) in [7, 11) is 3.64. The first-order valence-electron chi connectivity index (χ1n) is 7.88. The molecule has 1 aromatic heterocycles. The molecule has 0 spiro atoms. The van der Waals surface area contributed by atoms with E-state index >= 15 is 0 Å². The molecule has 23 heavy (non-hydrogen) atoms. The van der Waals surface area contributed by atoms with Gasteiger partial charge >= 0.3 is 0 Å². The molecular weight excluding hydrogens is 292 g/mol. The second kappa shape index (κ2) is 7.99. The van der Waals surface area contributed by atoms with Gasteiger partial charge in [-0.1, -0.05) is 0 Å². The van der Waals surface area contributed by atoms with Gasteiger partial charge in [0.1, 0.15) is 0 Å². The molecular formula is C16H30N6O. The van der Waals surface area contributed by atoms with E-state index in [1.807, 2.05) is 39.4 Å². The van der Waals surface area contributed by atoms with E-state index in [-0.39, 0.29) is 18.0 Å². The highest BCUT2D eigenvalue weighted by atomic mass is 16.2. The Morgan fingerprint density at radius 1 is 1.26 bits per heavy atom. The van der Waals surface area contributed by atoms with Crippen LogP contribution < -0.4 is 16.0 Å². The number of guanidine groups is 1. The summed E-state index contributed by atoms with van der Waals surface area (Å²) in [5, 5.41) is 13.6. The summed E-state index contributed by atoms with van der Waals surface area (Å²) < 4.78 is 1.90. The predicted molar refractivity (Wildman–Crippen MR) is 93.6 cm³/mol. The van der Waals surface area contributed by atoms with Crippen LogP contribution in [0, 0.1) is 13.8 Å². The molecule has 130 valence electrons. The minimum Gasteiger partial charge on any atom is -0.356 e. The van der Waals surface area contributed by atoms with E-state index < -0.39 is 0 Å². The van der Waals surface area contributed by atoms with Crippen molar-refractivity contribution in [1.29, 1.82) is 0 Å². The lowest BCUT2D eigenvalue weighted by Crippen LogP contribution is -2.48. The maximum atomic E-state index is 11.8. The van der Waals surface area contributed by atoms with E-state index in [2.05, 4.69) is 33.0 Å². The minimum atomic E-state index is -0.231. The fourth-order valence-corrected chi connectivity index (χ4v) is 2.33. The molecule has 0 atom stereocenters. The third kappa shape index (κ3) is 6.30. The number of rotatable bonds is 5. The van der Waals surface area contributed by atoms with Crippen LogP contribution in [0.15, 0.2) is 4.99 Å². The summed E-state index contributed by atoms with van der Waals surface area (Å²) in [6.07, 6.45) is 0.862. The molecule has 1 heterocycles. The molecule has 0 aliphatic carbocycles. The zero-order chi connectivity index (χ0) is 17.6. The Hall–Kier alpha value is -2.05. The Morgan fingerprint density at radius 3 is 2.39 bits per heavy atom. The highest BCUT2D eigenvalue weighted by Crippen LogP contribution is 2.11. The molecule has 0 bridgehead atoms. The van der Waals surface area contributed by atoms with E-state index in [1.165, 1.54) is 11.3 Å². The lowest BCUT2D eigenvalue weighted by molar-refractivity contribution is -0.121. The van der Waals surface area contributed by atoms with E-state index in [9.17, 15) is 4.79 Å². The number of aromatic nitrogens is 2. The number of carbonyl (C=O) groups is 1. The van der Waals surface area contributed by atoms with Crippen molar-refractivity contribution >= 4 is 11.9 Å². The Labute approximate surface area is 138 Å². The normalized spacial score (nSPS) is 12.2. The van der Waals surface area contributed by atoms with Crippen LogP contribution in [0.25, 0.3) is 0 Å². The second-order valence-electron chi connectivity index (χ2n) is 6.67. The van der Waals surface area contributed by atoms with Gasteiger partial charge in [-0.3, -0.25) is 14.5 Å². The van der Waals surface area contributed by atoms with Crippen LogP contribution in [-0.4, -0.2) is 47.3 Å². The SMILES string of the molecule is CN=C(NCCc1c(C)nn(C)c1C)NCC(=O)NC(C)(C)C. The first-order valence-corrected chi connectivity index (χ1v) is 7.88. The fraction of sp³-hybridized carbons (Fsp3) is 0.688. The molecule has 7 nitrogen and oxygen atoms in total. The molecule has 1 aromatic rings. The number of carbonyl (C=O) groups excluding carboxylic acids is 1. The van der Waals surface area contributed by atoms with Gasteiger partial charge in [-0.15, -0.1) is 0 Å². The van der Waals surface area contributed by atoms with Gasteiger partial charge in [0.15, 0.2) is 5.96 Å². The van der Waals surface area contributed by atoms with Gasteiger partial charge in [-0.2, -0.15) is 5.10 Å². The van der Waals surface area contributed by atoms with Gasteiger partial charge in [-0.05, 0) is 46.6 Å². The molecule has 0 aliphatic heterocycles. The summed E-state index contributed by atoms with van der Waals surface area (Å²) in [5.74, 6) is 0.563. The maximum Gasteiger partial charge on any atom is 0.239 e. The maximum absolute atomic E-state index is 11.8. The molecule has 7 heteroatoms. The van der Waals surface area contributed by atoms with Crippen molar-refractivity contribution in [2.24, 2.45) is 12.0 Å². The lowest BCUT2D eigenvalue weighted by atomic mass is 10.1. The van der Waals surface area contributed by atoms with E-state index in [0.29, 0.717) is 5.96 Å². The average Bonchev–Trinajstić information content (AvgIpc) is 2.66. The number of nitrogens with one attached hydrogen (secondary N) is 3. The molecule has 1 amide bonds. The molecule has 0 radical (unpaired) electrons. The predicted octanol–water partition coefficient (Wildman–Crippen LogP) is 0.659. The van der Waals surface area contributed by atoms with Crippen LogP contribution in [0.4, 0.5) is 0 Å². The number of amides is 1. The van der Waals surface area contributed by atoms with E-state index in [1.54, 1.807) is 7.05 Å². The van der Waals surface area contributed by atoms with Gasteiger partial charge in [0.2, 0.25) is 5.91 Å². The zero-order valence-electron chi connectivity index (χ0n) is 15.4. The van der Waals surface area contributed by atoms with Crippen molar-refractivity contribution in [2.75, 3.05) is 20.1 Å². The summed E-state index contributed by atoms with van der Waals surface area (Å²) in [6.45, 7) is 10.9. The molecule has 0 fully saturated rings. The smallest absolute Gasteiger partial charge is 0.239 e. The average molecular weight is 322 g/mol. The number of hydrogen-bond acceptors (Lipinski definition) is 3. The monoisotopic (exact) mass is 322 g/mol. The van der Waals surface area contributed by atoms with Crippen molar-refractivity contribution in [2.45, 2.75) is 46.6 Å². The van der Waals surface area contributed by atoms with Gasteiger partial charge in [0.25, 0.3) is 0 Å². The number of aliphatic imine (C=N–C) groups is 1. The summed E-state index contributed by atoms with van der Waals surface area (Å²) >= 11 is 0. The largest absolute Gasteiger partial charge is 0.356 e. The third-order valence-electron chi connectivity index (χ3n) is 3.48. The lowest BCUT2D eigenvalue weighted by Gasteiger charge is -2.21. The summed E-state index contributed by atoms with van der Waals surface area (Å²) in [6, 6.07) is 0. The van der Waals surface area contributed by atoms with E-state index in [0.717, 1.165) is 18.7 Å². The summed E-state index contributed by atoms with van der Waals surface area (Å²) in [5.41, 5.74) is 3.25. The Balaban J connectivity index is 2.42. The molecule has 0 aliphatic rings. The minimum absolute atomic E-state index is 0.0561. The molecule has 0 aromatic carbocycles. The number of hydrogen-bond donors (Lipinski definition) is 3. The Morgan fingerprint density at radius 2 is 1.91 bits per heavy atom. The van der Waals surface area contributed by atoms with Gasteiger partial charge in [0.05, 0.1) is 12.2 Å². The molecule has 0 saturated carbocycles. The van der Waals surface area contributed by atoms with Crippen LogP contribution >= 0.6 is 0 Å². The van der Waals surface area contributed by atoms with Crippen molar-refractivity contribution in [3.63, 3.8) is 0 Å². The highest BCUT2D eigenvalue weighted by Gasteiger charge is 2.14. The quantitative estimate of drug-likeness (QED) is 0.549. The Bertz CT molecular complexity index is 568. The van der Waals surface area contributed by atoms with E-state index in [4.69, 9.17) is 0 Å². The van der Waals surface area contributed by atoms with Gasteiger partial charge < -0.3 is 16.0 Å². The fourth-order valence-electron chi connectivity index (χ4n) is 2.33. The highest BCUT2D eigenvalue weighted by molar-refractivity contribution is 5.86. The molecule has 0 unspecified atom stereocenters. The van der Waals surface area contributed by atoms with Crippen LogP contribution in [0.3, 0.4) is 0 Å². The Kier molecular flexibility index (Phi) is 6.60. The van der Waals surface area contributed by atoms with Crippen molar-refractivity contribution in [3.05, 3.63) is 17.0 Å². The molecule has 0 saturated heterocycles. The van der Waals surface area contributed by atoms with Crippen molar-refractivity contribution in [3.8, 4) is 0 Å². The van der Waals surface area contributed by atoms with Gasteiger partial charge in [0, 0.05) is 31.9 Å². The van der Waals surface area contributed by atoms with Gasteiger partial charge in [-0.25, -0.2) is 0 Å². The van der Waals surface area contributed by atoms with Crippen LogP contribution in [0.5, 0.6) is 0 Å². The third-order valence-corrected chi connectivity index (χ3v) is 3.48. The van der Waals surface area contributed by atoms with Crippen LogP contribution in [0.2, 0.25) is 0 Å². The first-order chi connectivity index (χ1) is 10.6. The second-order valence-corrected chi connectivity index (χ2v) is 6.67. The molecule has 3 N–H and O–H groups in total. The topological polar surface area (TPSA) is 83.3 Å². The molecule has 1 rings (SSSR count). The van der Waals surface area contributed by atoms with Crippen LogP contribution in [-0.2, 0) is 18.3 Å². The number of nitrogens with zero attached hydrogens (tertiary/aromatic N) is 3. The zero-order valence-corrected chi connectivity index (χ0v) is 15.4. The summed E-state index contributed by atoms with van der Waals surface area (Å²) in [4.78, 5) is 15.9. The first kappa shape index (κ1) is 19.0. The van der Waals surface area contributed by atoms with Crippen molar-refractivity contribution < 1.29 is 4.79 Å². The number of aryl methyl sites for hydroxylation is 2. The van der Waals surface area contributed by atoms with Crippen molar-refractivity contribution in [1.82, 2.24) is 25.7 Å².